The molecule has 0 bridgehead atoms. The molecule has 1 atom stereocenters. The monoisotopic (exact) mass is 267 g/mol. The summed E-state index contributed by atoms with van der Waals surface area (Å²) < 4.78 is 0. The first kappa shape index (κ1) is 14.8. The van der Waals surface area contributed by atoms with E-state index in [1.54, 1.807) is 0 Å². The minimum atomic E-state index is -0.00985. The van der Waals surface area contributed by atoms with E-state index in [0.717, 1.165) is 25.6 Å². The van der Waals surface area contributed by atoms with Crippen LogP contribution in [0.15, 0.2) is 0 Å². The lowest BCUT2D eigenvalue weighted by Gasteiger charge is -2.29. The van der Waals surface area contributed by atoms with Gasteiger partial charge in [-0.05, 0) is 71.6 Å². The molecule has 2 heterocycles. The van der Waals surface area contributed by atoms with Crippen molar-refractivity contribution in [1.29, 1.82) is 0 Å². The highest BCUT2D eigenvalue weighted by molar-refractivity contribution is 5.81. The van der Waals surface area contributed by atoms with E-state index in [1.165, 1.54) is 45.2 Å². The number of piperidine rings is 1. The zero-order valence-corrected chi connectivity index (χ0v) is 12.5. The quantitative estimate of drug-likeness (QED) is 0.816. The van der Waals surface area contributed by atoms with Crippen molar-refractivity contribution in [1.82, 2.24) is 15.1 Å². The molecule has 0 aromatic heterocycles. The first-order valence-corrected chi connectivity index (χ1v) is 7.87. The van der Waals surface area contributed by atoms with Gasteiger partial charge in [-0.25, -0.2) is 0 Å². The molecule has 0 aliphatic carbocycles. The van der Waals surface area contributed by atoms with Crippen LogP contribution >= 0.6 is 0 Å². The van der Waals surface area contributed by atoms with Crippen molar-refractivity contribution in [3.8, 4) is 0 Å². The average Bonchev–Trinajstić information content (AvgIpc) is 2.94. The number of amides is 1. The summed E-state index contributed by atoms with van der Waals surface area (Å²) in [6, 6.07) is -0.00985. The van der Waals surface area contributed by atoms with Crippen molar-refractivity contribution in [2.24, 2.45) is 5.92 Å². The normalized spacial score (nSPS) is 23.8. The van der Waals surface area contributed by atoms with Gasteiger partial charge in [0.25, 0.3) is 0 Å². The Morgan fingerprint density at radius 3 is 2.47 bits per heavy atom. The Labute approximate surface area is 117 Å². The maximum Gasteiger partial charge on any atom is 0.239 e. The maximum atomic E-state index is 12.1. The smallest absolute Gasteiger partial charge is 0.239 e. The maximum absolute atomic E-state index is 12.1. The molecule has 0 aromatic rings. The molecule has 2 aliphatic rings. The van der Waals surface area contributed by atoms with E-state index < -0.39 is 0 Å². The number of hydrogen-bond acceptors (Lipinski definition) is 3. The van der Waals surface area contributed by atoms with Gasteiger partial charge in [0, 0.05) is 13.1 Å². The molecule has 1 amide bonds. The molecule has 2 rings (SSSR count). The van der Waals surface area contributed by atoms with E-state index >= 15 is 0 Å². The summed E-state index contributed by atoms with van der Waals surface area (Å²) in [6.07, 6.45) is 6.19. The lowest BCUT2D eigenvalue weighted by molar-refractivity contribution is -0.131. The Morgan fingerprint density at radius 1 is 1.21 bits per heavy atom. The number of nitrogens with one attached hydrogen (secondary N) is 1. The minimum Gasteiger partial charge on any atom is -0.341 e. The second kappa shape index (κ2) is 7.25. The number of hydrogen-bond donors (Lipinski definition) is 1. The summed E-state index contributed by atoms with van der Waals surface area (Å²) in [5.74, 6) is 1.14. The van der Waals surface area contributed by atoms with Crippen LogP contribution in [0.2, 0.25) is 0 Å². The Bertz CT molecular complexity index is 281. The summed E-state index contributed by atoms with van der Waals surface area (Å²) in [7, 11) is 2.20. The fourth-order valence-corrected chi connectivity index (χ4v) is 3.15. The van der Waals surface area contributed by atoms with Crippen molar-refractivity contribution < 1.29 is 4.79 Å². The first-order chi connectivity index (χ1) is 9.16. The molecule has 2 fully saturated rings. The van der Waals surface area contributed by atoms with Crippen LogP contribution in [0.25, 0.3) is 0 Å². The van der Waals surface area contributed by atoms with Crippen LogP contribution in [0, 0.1) is 5.92 Å². The Balaban J connectivity index is 1.60. The molecule has 1 unspecified atom stereocenters. The molecule has 19 heavy (non-hydrogen) atoms. The highest BCUT2D eigenvalue weighted by atomic mass is 16.2. The first-order valence-electron chi connectivity index (χ1n) is 7.87. The largest absolute Gasteiger partial charge is 0.341 e. The van der Waals surface area contributed by atoms with Gasteiger partial charge < -0.3 is 15.1 Å². The van der Waals surface area contributed by atoms with Gasteiger partial charge in [-0.1, -0.05) is 0 Å². The summed E-state index contributed by atoms with van der Waals surface area (Å²) >= 11 is 0. The SMILES string of the molecule is CC(NCCC1CCN(C)CC1)C(=O)N1CCCC1. The highest BCUT2D eigenvalue weighted by Gasteiger charge is 2.23. The van der Waals surface area contributed by atoms with Crippen LogP contribution in [0.4, 0.5) is 0 Å². The number of carbonyl (C=O) groups excluding carboxylic acids is 1. The zero-order valence-electron chi connectivity index (χ0n) is 12.5. The van der Waals surface area contributed by atoms with Gasteiger partial charge in [0.1, 0.15) is 0 Å². The third-order valence-electron chi connectivity index (χ3n) is 4.63. The predicted octanol–water partition coefficient (Wildman–Crippen LogP) is 1.32. The van der Waals surface area contributed by atoms with Gasteiger partial charge in [-0.15, -0.1) is 0 Å². The van der Waals surface area contributed by atoms with Gasteiger partial charge in [-0.2, -0.15) is 0 Å². The summed E-state index contributed by atoms with van der Waals surface area (Å²) in [6.45, 7) is 7.36. The van der Waals surface area contributed by atoms with Crippen LogP contribution in [0.5, 0.6) is 0 Å². The Kier molecular flexibility index (Phi) is 5.64. The molecule has 0 spiro atoms. The summed E-state index contributed by atoms with van der Waals surface area (Å²) in [5, 5.41) is 3.41. The van der Waals surface area contributed by atoms with Crippen molar-refractivity contribution in [2.75, 3.05) is 39.8 Å². The third kappa shape index (κ3) is 4.46. The number of rotatable bonds is 5. The topological polar surface area (TPSA) is 35.6 Å². The van der Waals surface area contributed by atoms with Crippen LogP contribution in [0.3, 0.4) is 0 Å². The van der Waals surface area contributed by atoms with E-state index in [0.29, 0.717) is 5.91 Å². The van der Waals surface area contributed by atoms with Gasteiger partial charge in [0.2, 0.25) is 5.91 Å². The molecule has 0 radical (unpaired) electrons. The second-order valence-electron chi connectivity index (χ2n) is 6.24. The third-order valence-corrected chi connectivity index (χ3v) is 4.63. The molecule has 4 nitrogen and oxygen atoms in total. The van der Waals surface area contributed by atoms with Crippen molar-refractivity contribution in [3.63, 3.8) is 0 Å². The van der Waals surface area contributed by atoms with Crippen LogP contribution in [0.1, 0.15) is 39.0 Å². The summed E-state index contributed by atoms with van der Waals surface area (Å²) in [4.78, 5) is 16.5. The average molecular weight is 267 g/mol. The van der Waals surface area contributed by atoms with E-state index in [2.05, 4.69) is 17.3 Å². The Morgan fingerprint density at radius 2 is 1.84 bits per heavy atom. The van der Waals surface area contributed by atoms with Crippen LogP contribution in [-0.2, 0) is 4.79 Å². The van der Waals surface area contributed by atoms with E-state index in [9.17, 15) is 4.79 Å². The molecule has 4 heteroatoms. The van der Waals surface area contributed by atoms with Gasteiger partial charge in [-0.3, -0.25) is 4.79 Å². The molecule has 2 aliphatic heterocycles. The molecular formula is C15H29N3O. The van der Waals surface area contributed by atoms with Crippen LogP contribution in [-0.4, -0.2) is 61.5 Å². The molecular weight excluding hydrogens is 238 g/mol. The minimum absolute atomic E-state index is 0.00985. The molecule has 2 saturated heterocycles. The second-order valence-corrected chi connectivity index (χ2v) is 6.24. The van der Waals surface area contributed by atoms with Crippen LogP contribution < -0.4 is 5.32 Å². The van der Waals surface area contributed by atoms with Gasteiger partial charge >= 0.3 is 0 Å². The zero-order chi connectivity index (χ0) is 13.7. The van der Waals surface area contributed by atoms with Crippen molar-refractivity contribution >= 4 is 5.91 Å². The Hall–Kier alpha value is -0.610. The van der Waals surface area contributed by atoms with E-state index in [-0.39, 0.29) is 6.04 Å². The highest BCUT2D eigenvalue weighted by Crippen LogP contribution is 2.18. The standard InChI is InChI=1S/C15H29N3O/c1-13(15(19)18-9-3-4-10-18)16-8-5-14-6-11-17(2)12-7-14/h13-14,16H,3-12H2,1-2H3. The number of carbonyl (C=O) groups is 1. The summed E-state index contributed by atoms with van der Waals surface area (Å²) in [5.41, 5.74) is 0. The fourth-order valence-electron chi connectivity index (χ4n) is 3.15. The van der Waals surface area contributed by atoms with E-state index in [4.69, 9.17) is 0 Å². The van der Waals surface area contributed by atoms with Gasteiger partial charge in [0.05, 0.1) is 6.04 Å². The lowest BCUT2D eigenvalue weighted by atomic mass is 9.94. The van der Waals surface area contributed by atoms with Crippen molar-refractivity contribution in [2.45, 2.75) is 45.1 Å². The number of nitrogens with zero attached hydrogens (tertiary/aromatic N) is 2. The molecule has 0 aromatic carbocycles. The fraction of sp³-hybridized carbons (Fsp3) is 0.933. The number of likely N-dealkylation sites (tertiary alicyclic amines) is 2. The van der Waals surface area contributed by atoms with Gasteiger partial charge in [0.15, 0.2) is 0 Å². The predicted molar refractivity (Wildman–Crippen MR) is 78.1 cm³/mol. The van der Waals surface area contributed by atoms with E-state index in [1.807, 2.05) is 11.8 Å². The lowest BCUT2D eigenvalue weighted by Crippen LogP contribution is -2.44. The molecule has 110 valence electrons. The van der Waals surface area contributed by atoms with Crippen molar-refractivity contribution in [3.05, 3.63) is 0 Å². The molecule has 1 N–H and O–H groups in total. The molecule has 0 saturated carbocycles.